The van der Waals surface area contributed by atoms with E-state index in [1.54, 1.807) is 6.08 Å². The van der Waals surface area contributed by atoms with Crippen LogP contribution in [-0.2, 0) is 6.18 Å². The molecule has 0 aliphatic carbocycles. The van der Waals surface area contributed by atoms with Gasteiger partial charge in [0, 0.05) is 0 Å². The summed E-state index contributed by atoms with van der Waals surface area (Å²) in [6.45, 7) is 4.17. The molecule has 0 aliphatic heterocycles. The number of hydrogen-bond acceptors (Lipinski definition) is 0. The minimum Gasteiger partial charge on any atom is -0.166 e. The van der Waals surface area contributed by atoms with Crippen molar-refractivity contribution in [3.05, 3.63) is 65.3 Å². The van der Waals surface area contributed by atoms with Crippen molar-refractivity contribution >= 4 is 6.08 Å². The number of alkyl halides is 3. The SMILES string of the molecule is CC/C=C(/C=C/C=C/c1ccc(C(F)(F)F)cc1)CC. The smallest absolute Gasteiger partial charge is 0.166 e. The van der Waals surface area contributed by atoms with E-state index in [2.05, 4.69) is 19.9 Å². The third-order valence-electron chi connectivity index (χ3n) is 2.82. The Morgan fingerprint density at radius 1 is 1.05 bits per heavy atom. The van der Waals surface area contributed by atoms with E-state index in [9.17, 15) is 13.2 Å². The highest BCUT2D eigenvalue weighted by Gasteiger charge is 2.29. The van der Waals surface area contributed by atoms with E-state index in [4.69, 9.17) is 0 Å². The number of allylic oxidation sites excluding steroid dienone is 5. The van der Waals surface area contributed by atoms with Gasteiger partial charge in [-0.25, -0.2) is 0 Å². The summed E-state index contributed by atoms with van der Waals surface area (Å²) in [6.07, 6.45) is 7.39. The van der Waals surface area contributed by atoms with Gasteiger partial charge in [-0.15, -0.1) is 0 Å². The fourth-order valence-corrected chi connectivity index (χ4v) is 1.72. The van der Waals surface area contributed by atoms with Crippen molar-refractivity contribution in [2.24, 2.45) is 0 Å². The van der Waals surface area contributed by atoms with Gasteiger partial charge in [0.1, 0.15) is 0 Å². The predicted molar refractivity (Wildman–Crippen MR) is 78.3 cm³/mol. The van der Waals surface area contributed by atoms with Gasteiger partial charge in [-0.1, -0.05) is 61.9 Å². The van der Waals surface area contributed by atoms with E-state index < -0.39 is 11.7 Å². The van der Waals surface area contributed by atoms with Crippen molar-refractivity contribution in [1.82, 2.24) is 0 Å². The van der Waals surface area contributed by atoms with Crippen LogP contribution in [0.3, 0.4) is 0 Å². The summed E-state index contributed by atoms with van der Waals surface area (Å²) in [4.78, 5) is 0. The molecule has 1 aromatic carbocycles. The molecule has 0 aromatic heterocycles. The Bertz CT molecular complexity index is 488. The second-order valence-electron chi connectivity index (χ2n) is 4.38. The molecular formula is C17H19F3. The summed E-state index contributed by atoms with van der Waals surface area (Å²) in [5.41, 5.74) is 1.38. The molecule has 3 heteroatoms. The van der Waals surface area contributed by atoms with Gasteiger partial charge in [0.05, 0.1) is 5.56 Å². The van der Waals surface area contributed by atoms with Crippen molar-refractivity contribution in [3.8, 4) is 0 Å². The normalized spacial score (nSPS) is 13.6. The average Bonchev–Trinajstić information content (AvgIpc) is 2.42. The quantitative estimate of drug-likeness (QED) is 0.578. The second-order valence-corrected chi connectivity index (χ2v) is 4.38. The monoisotopic (exact) mass is 280 g/mol. The van der Waals surface area contributed by atoms with Crippen LogP contribution in [-0.4, -0.2) is 0 Å². The molecule has 20 heavy (non-hydrogen) atoms. The average molecular weight is 280 g/mol. The number of rotatable bonds is 5. The van der Waals surface area contributed by atoms with E-state index in [-0.39, 0.29) is 0 Å². The van der Waals surface area contributed by atoms with Crippen molar-refractivity contribution < 1.29 is 13.2 Å². The van der Waals surface area contributed by atoms with E-state index in [1.165, 1.54) is 17.7 Å². The Morgan fingerprint density at radius 3 is 2.20 bits per heavy atom. The van der Waals surface area contributed by atoms with Gasteiger partial charge >= 0.3 is 6.18 Å². The first-order valence-corrected chi connectivity index (χ1v) is 6.68. The summed E-state index contributed by atoms with van der Waals surface area (Å²) in [5.74, 6) is 0. The second kappa shape index (κ2) is 7.73. The largest absolute Gasteiger partial charge is 0.416 e. The Balaban J connectivity index is 2.67. The number of benzene rings is 1. The maximum atomic E-state index is 12.4. The molecule has 0 N–H and O–H groups in total. The highest BCUT2D eigenvalue weighted by molar-refractivity contribution is 5.52. The molecule has 0 bridgehead atoms. The highest BCUT2D eigenvalue weighted by atomic mass is 19.4. The van der Waals surface area contributed by atoms with Gasteiger partial charge in [-0.3, -0.25) is 0 Å². The minimum absolute atomic E-state index is 0.621. The van der Waals surface area contributed by atoms with E-state index in [0.717, 1.165) is 30.5 Å². The van der Waals surface area contributed by atoms with Crippen molar-refractivity contribution in [3.63, 3.8) is 0 Å². The van der Waals surface area contributed by atoms with E-state index in [0.29, 0.717) is 0 Å². The predicted octanol–water partition coefficient (Wildman–Crippen LogP) is 6.02. The van der Waals surface area contributed by atoms with Crippen molar-refractivity contribution in [2.45, 2.75) is 32.9 Å². The van der Waals surface area contributed by atoms with Gasteiger partial charge in [0.25, 0.3) is 0 Å². The van der Waals surface area contributed by atoms with Gasteiger partial charge < -0.3 is 0 Å². The zero-order chi connectivity index (χ0) is 15.0. The molecule has 0 radical (unpaired) electrons. The minimum atomic E-state index is -4.27. The van der Waals surface area contributed by atoms with Gasteiger partial charge in [-0.2, -0.15) is 13.2 Å². The van der Waals surface area contributed by atoms with Crippen LogP contribution in [0.1, 0.15) is 37.8 Å². The maximum absolute atomic E-state index is 12.4. The van der Waals surface area contributed by atoms with Crippen LogP contribution in [0.5, 0.6) is 0 Å². The lowest BCUT2D eigenvalue weighted by molar-refractivity contribution is -0.137. The Labute approximate surface area is 118 Å². The molecule has 0 saturated carbocycles. The third kappa shape index (κ3) is 5.47. The molecule has 0 unspecified atom stereocenters. The summed E-state index contributed by atoms with van der Waals surface area (Å²) in [6, 6.07) is 5.13. The molecule has 0 nitrogen and oxygen atoms in total. The third-order valence-corrected chi connectivity index (χ3v) is 2.82. The van der Waals surface area contributed by atoms with E-state index in [1.807, 2.05) is 18.2 Å². The Hall–Kier alpha value is -1.77. The zero-order valence-corrected chi connectivity index (χ0v) is 11.7. The lowest BCUT2D eigenvalue weighted by Gasteiger charge is -2.05. The molecule has 1 aromatic rings. The Morgan fingerprint density at radius 2 is 1.70 bits per heavy atom. The highest BCUT2D eigenvalue weighted by Crippen LogP contribution is 2.29. The van der Waals surface area contributed by atoms with Crippen LogP contribution >= 0.6 is 0 Å². The van der Waals surface area contributed by atoms with Crippen LogP contribution in [0, 0.1) is 0 Å². The molecule has 0 fully saturated rings. The standard InChI is InChI=1S/C17H19F3/c1-3-7-14(4-2)8-5-6-9-15-10-12-16(13-11-15)17(18,19)20/h5-13H,3-4H2,1-2H3/b8-5+,9-6+,14-7+. The summed E-state index contributed by atoms with van der Waals surface area (Å²) in [5, 5.41) is 0. The molecule has 0 aliphatic rings. The molecular weight excluding hydrogens is 261 g/mol. The van der Waals surface area contributed by atoms with Crippen LogP contribution in [0.2, 0.25) is 0 Å². The van der Waals surface area contributed by atoms with Gasteiger partial charge in [0.2, 0.25) is 0 Å². The summed E-state index contributed by atoms with van der Waals surface area (Å²) >= 11 is 0. The molecule has 108 valence electrons. The summed E-state index contributed by atoms with van der Waals surface area (Å²) < 4.78 is 37.2. The topological polar surface area (TPSA) is 0 Å². The van der Waals surface area contributed by atoms with Crippen molar-refractivity contribution in [2.75, 3.05) is 0 Å². The van der Waals surface area contributed by atoms with Gasteiger partial charge in [-0.05, 0) is 30.5 Å². The fourth-order valence-electron chi connectivity index (χ4n) is 1.72. The first-order valence-electron chi connectivity index (χ1n) is 6.68. The number of hydrogen-bond donors (Lipinski definition) is 0. The maximum Gasteiger partial charge on any atom is 0.416 e. The molecule has 0 atom stereocenters. The first kappa shape index (κ1) is 16.3. The lowest BCUT2D eigenvalue weighted by atomic mass is 10.1. The fraction of sp³-hybridized carbons (Fsp3) is 0.294. The summed E-state index contributed by atoms with van der Waals surface area (Å²) in [7, 11) is 0. The van der Waals surface area contributed by atoms with Crippen molar-refractivity contribution in [1.29, 1.82) is 0 Å². The van der Waals surface area contributed by atoms with Crippen LogP contribution in [0.25, 0.3) is 6.08 Å². The molecule has 0 amide bonds. The van der Waals surface area contributed by atoms with Crippen LogP contribution < -0.4 is 0 Å². The first-order chi connectivity index (χ1) is 9.47. The van der Waals surface area contributed by atoms with Gasteiger partial charge in [0.15, 0.2) is 0 Å². The molecule has 1 rings (SSSR count). The zero-order valence-electron chi connectivity index (χ0n) is 11.7. The Kier molecular flexibility index (Phi) is 6.29. The molecule has 0 heterocycles. The van der Waals surface area contributed by atoms with Crippen LogP contribution in [0.4, 0.5) is 13.2 Å². The molecule has 0 spiro atoms. The van der Waals surface area contributed by atoms with Crippen LogP contribution in [0.15, 0.2) is 54.1 Å². The van der Waals surface area contributed by atoms with E-state index >= 15 is 0 Å². The lowest BCUT2D eigenvalue weighted by Crippen LogP contribution is -2.03. The molecule has 0 saturated heterocycles. The number of halogens is 3.